The summed E-state index contributed by atoms with van der Waals surface area (Å²) in [5.41, 5.74) is 2.48. The fourth-order valence-corrected chi connectivity index (χ4v) is 2.23. The highest BCUT2D eigenvalue weighted by atomic mass is 32.1. The molecule has 100 valence electrons. The third kappa shape index (κ3) is 4.65. The molecule has 0 spiro atoms. The van der Waals surface area contributed by atoms with E-state index in [4.69, 9.17) is 12.2 Å². The van der Waals surface area contributed by atoms with Crippen molar-refractivity contribution in [3.63, 3.8) is 0 Å². The van der Waals surface area contributed by atoms with Crippen molar-refractivity contribution in [3.8, 4) is 0 Å². The van der Waals surface area contributed by atoms with Crippen LogP contribution in [0.4, 0.5) is 5.69 Å². The summed E-state index contributed by atoms with van der Waals surface area (Å²) in [5, 5.41) is 4.09. The van der Waals surface area contributed by atoms with Crippen molar-refractivity contribution >= 4 is 23.0 Å². The molecular formula is C15H24N2S. The molecule has 3 heteroatoms. The summed E-state index contributed by atoms with van der Waals surface area (Å²) in [6.07, 6.45) is 3.66. The van der Waals surface area contributed by atoms with Crippen LogP contribution in [-0.2, 0) is 6.42 Å². The molecule has 0 saturated heterocycles. The average molecular weight is 264 g/mol. The lowest BCUT2D eigenvalue weighted by Crippen LogP contribution is -2.34. The smallest absolute Gasteiger partial charge is 0.173 e. The first-order valence-corrected chi connectivity index (χ1v) is 7.26. The molecule has 0 atom stereocenters. The Morgan fingerprint density at radius 3 is 2.22 bits per heavy atom. The lowest BCUT2D eigenvalue weighted by Gasteiger charge is -2.22. The molecule has 0 saturated carbocycles. The van der Waals surface area contributed by atoms with Gasteiger partial charge in [-0.25, -0.2) is 0 Å². The number of nitrogens with zero attached hydrogens (tertiary/aromatic N) is 1. The summed E-state index contributed by atoms with van der Waals surface area (Å²) in [4.78, 5) is 2.14. The van der Waals surface area contributed by atoms with E-state index in [-0.39, 0.29) is 0 Å². The maximum Gasteiger partial charge on any atom is 0.173 e. The molecule has 0 aliphatic carbocycles. The Kier molecular flexibility index (Phi) is 6.73. The molecule has 1 rings (SSSR count). The van der Waals surface area contributed by atoms with E-state index in [2.05, 4.69) is 55.3 Å². The van der Waals surface area contributed by atoms with Gasteiger partial charge in [0, 0.05) is 18.8 Å². The van der Waals surface area contributed by atoms with E-state index in [1.54, 1.807) is 0 Å². The lowest BCUT2D eigenvalue weighted by molar-refractivity contribution is 0.473. The fraction of sp³-hybridized carbons (Fsp3) is 0.533. The van der Waals surface area contributed by atoms with E-state index in [0.29, 0.717) is 0 Å². The highest BCUT2D eigenvalue weighted by molar-refractivity contribution is 7.80. The Hall–Kier alpha value is -1.09. The van der Waals surface area contributed by atoms with E-state index >= 15 is 0 Å². The van der Waals surface area contributed by atoms with Crippen molar-refractivity contribution < 1.29 is 0 Å². The molecule has 1 aromatic carbocycles. The number of nitrogens with one attached hydrogen (secondary N) is 1. The van der Waals surface area contributed by atoms with Crippen LogP contribution < -0.4 is 5.32 Å². The van der Waals surface area contributed by atoms with Gasteiger partial charge in [0.2, 0.25) is 0 Å². The molecule has 1 N–H and O–H groups in total. The van der Waals surface area contributed by atoms with Crippen LogP contribution in [0.1, 0.15) is 39.2 Å². The molecule has 0 heterocycles. The zero-order valence-corrected chi connectivity index (χ0v) is 12.5. The second-order valence-corrected chi connectivity index (χ2v) is 4.79. The van der Waals surface area contributed by atoms with E-state index in [9.17, 15) is 0 Å². The number of benzene rings is 1. The Morgan fingerprint density at radius 2 is 1.72 bits per heavy atom. The first kappa shape index (κ1) is 15.0. The zero-order chi connectivity index (χ0) is 13.4. The summed E-state index contributed by atoms with van der Waals surface area (Å²) in [5.74, 6) is 0. The lowest BCUT2D eigenvalue weighted by atomic mass is 10.1. The van der Waals surface area contributed by atoms with Crippen LogP contribution in [0.5, 0.6) is 0 Å². The standard InChI is InChI=1S/C15H24N2S/c1-4-7-8-13-9-11-14(12-10-13)16-15(18)17(5-2)6-3/h9-12H,4-8H2,1-3H3,(H,16,18). The van der Waals surface area contributed by atoms with E-state index in [1.807, 2.05) is 0 Å². The number of hydrogen-bond donors (Lipinski definition) is 1. The number of rotatable bonds is 6. The topological polar surface area (TPSA) is 15.3 Å². The van der Waals surface area contributed by atoms with Crippen LogP contribution in [0.25, 0.3) is 0 Å². The van der Waals surface area contributed by atoms with E-state index in [0.717, 1.165) is 30.3 Å². The molecule has 1 aromatic rings. The Balaban J connectivity index is 2.55. The van der Waals surface area contributed by atoms with Gasteiger partial charge in [0.05, 0.1) is 0 Å². The van der Waals surface area contributed by atoms with Gasteiger partial charge in [-0.2, -0.15) is 0 Å². The number of thiocarbonyl (C=S) groups is 1. The summed E-state index contributed by atoms with van der Waals surface area (Å²) in [6, 6.07) is 8.59. The molecule has 0 radical (unpaired) electrons. The van der Waals surface area contributed by atoms with Crippen molar-refractivity contribution in [1.82, 2.24) is 4.90 Å². The van der Waals surface area contributed by atoms with E-state index in [1.165, 1.54) is 18.4 Å². The Morgan fingerprint density at radius 1 is 1.11 bits per heavy atom. The molecule has 2 nitrogen and oxygen atoms in total. The van der Waals surface area contributed by atoms with Crippen molar-refractivity contribution in [3.05, 3.63) is 29.8 Å². The largest absolute Gasteiger partial charge is 0.350 e. The van der Waals surface area contributed by atoms with Gasteiger partial charge in [-0.1, -0.05) is 25.5 Å². The molecule has 0 amide bonds. The van der Waals surface area contributed by atoms with Gasteiger partial charge in [0.15, 0.2) is 5.11 Å². The van der Waals surface area contributed by atoms with Gasteiger partial charge in [0.25, 0.3) is 0 Å². The molecule has 0 fully saturated rings. The van der Waals surface area contributed by atoms with Crippen LogP contribution in [0.15, 0.2) is 24.3 Å². The fourth-order valence-electron chi connectivity index (χ4n) is 1.85. The van der Waals surface area contributed by atoms with Crippen molar-refractivity contribution in [2.24, 2.45) is 0 Å². The molecule has 0 bridgehead atoms. The first-order chi connectivity index (χ1) is 8.71. The average Bonchev–Trinajstić information content (AvgIpc) is 2.39. The SMILES string of the molecule is CCCCc1ccc(NC(=S)N(CC)CC)cc1. The number of hydrogen-bond acceptors (Lipinski definition) is 1. The van der Waals surface area contributed by atoms with Crippen molar-refractivity contribution in [2.45, 2.75) is 40.0 Å². The maximum absolute atomic E-state index is 5.37. The van der Waals surface area contributed by atoms with Crippen LogP contribution in [0.3, 0.4) is 0 Å². The molecular weight excluding hydrogens is 240 g/mol. The Bertz CT molecular complexity index is 355. The predicted molar refractivity (Wildman–Crippen MR) is 84.2 cm³/mol. The molecule has 0 aliphatic rings. The Labute approximate surface area is 116 Å². The third-order valence-electron chi connectivity index (χ3n) is 3.07. The third-order valence-corrected chi connectivity index (χ3v) is 3.44. The number of unbranched alkanes of at least 4 members (excludes halogenated alkanes) is 1. The summed E-state index contributed by atoms with van der Waals surface area (Å²) >= 11 is 5.37. The molecule has 0 aromatic heterocycles. The van der Waals surface area contributed by atoms with E-state index < -0.39 is 0 Å². The highest BCUT2D eigenvalue weighted by Crippen LogP contribution is 2.12. The van der Waals surface area contributed by atoms with Gasteiger partial charge < -0.3 is 10.2 Å². The van der Waals surface area contributed by atoms with Gasteiger partial charge in [0.1, 0.15) is 0 Å². The second-order valence-electron chi connectivity index (χ2n) is 4.40. The summed E-state index contributed by atoms with van der Waals surface area (Å²) in [7, 11) is 0. The highest BCUT2D eigenvalue weighted by Gasteiger charge is 2.04. The predicted octanol–water partition coefficient (Wildman–Crippen LogP) is 4.07. The normalized spacial score (nSPS) is 10.2. The minimum Gasteiger partial charge on any atom is -0.350 e. The van der Waals surface area contributed by atoms with Gasteiger partial charge in [-0.3, -0.25) is 0 Å². The number of aryl methyl sites for hydroxylation is 1. The number of anilines is 1. The van der Waals surface area contributed by atoms with Gasteiger partial charge >= 0.3 is 0 Å². The van der Waals surface area contributed by atoms with Crippen LogP contribution in [-0.4, -0.2) is 23.1 Å². The quantitative estimate of drug-likeness (QED) is 0.780. The zero-order valence-electron chi connectivity index (χ0n) is 11.7. The molecule has 18 heavy (non-hydrogen) atoms. The van der Waals surface area contributed by atoms with Gasteiger partial charge in [-0.05, 0) is 56.6 Å². The van der Waals surface area contributed by atoms with Crippen LogP contribution in [0, 0.1) is 0 Å². The van der Waals surface area contributed by atoms with Crippen molar-refractivity contribution in [1.29, 1.82) is 0 Å². The van der Waals surface area contributed by atoms with Crippen LogP contribution >= 0.6 is 12.2 Å². The van der Waals surface area contributed by atoms with Crippen LogP contribution in [0.2, 0.25) is 0 Å². The minimum atomic E-state index is 0.807. The summed E-state index contributed by atoms with van der Waals surface area (Å²) in [6.45, 7) is 8.34. The van der Waals surface area contributed by atoms with Crippen molar-refractivity contribution in [2.75, 3.05) is 18.4 Å². The minimum absolute atomic E-state index is 0.807. The molecule has 0 aliphatic heterocycles. The van der Waals surface area contributed by atoms with Gasteiger partial charge in [-0.15, -0.1) is 0 Å². The monoisotopic (exact) mass is 264 g/mol. The molecule has 0 unspecified atom stereocenters. The first-order valence-electron chi connectivity index (χ1n) is 6.86. The maximum atomic E-state index is 5.37. The second kappa shape index (κ2) is 8.09. The summed E-state index contributed by atoms with van der Waals surface area (Å²) < 4.78 is 0.